The van der Waals surface area contributed by atoms with Gasteiger partial charge in [-0.3, -0.25) is 9.59 Å². The molecule has 4 rings (SSSR count). The van der Waals surface area contributed by atoms with Crippen LogP contribution in [0.4, 0.5) is 0 Å². The summed E-state index contributed by atoms with van der Waals surface area (Å²) in [6.45, 7) is 5.75. The van der Waals surface area contributed by atoms with Gasteiger partial charge < -0.3 is 24.8 Å². The summed E-state index contributed by atoms with van der Waals surface area (Å²) in [5.74, 6) is 0.416. The molecule has 0 saturated carbocycles. The molecule has 0 bridgehead atoms. The number of nitrogens with one attached hydrogen (secondary N) is 1. The molecule has 0 radical (unpaired) electrons. The maximum absolute atomic E-state index is 12.6. The van der Waals surface area contributed by atoms with Crippen molar-refractivity contribution in [3.63, 3.8) is 0 Å². The van der Waals surface area contributed by atoms with Gasteiger partial charge in [-0.05, 0) is 39.2 Å². The highest BCUT2D eigenvalue weighted by Crippen LogP contribution is 2.39. The average molecular weight is 364 g/mol. The minimum Gasteiger partial charge on any atom is -0.375 e. The van der Waals surface area contributed by atoms with Crippen molar-refractivity contribution < 1.29 is 14.3 Å². The Labute approximate surface area is 156 Å². The first-order valence-corrected chi connectivity index (χ1v) is 9.98. The summed E-state index contributed by atoms with van der Waals surface area (Å²) < 4.78 is 5.07. The van der Waals surface area contributed by atoms with Gasteiger partial charge in [0.1, 0.15) is 6.61 Å². The van der Waals surface area contributed by atoms with E-state index in [2.05, 4.69) is 27.1 Å². The SMILES string of the molecule is COCC(=O)N1CCCC12CCN(CC1CC3(CCN(C)C3)NC1=O)C2. The van der Waals surface area contributed by atoms with Crippen molar-refractivity contribution in [2.24, 2.45) is 5.92 Å². The summed E-state index contributed by atoms with van der Waals surface area (Å²) in [5.41, 5.74) is -0.0301. The van der Waals surface area contributed by atoms with E-state index in [9.17, 15) is 9.59 Å². The molecule has 0 aromatic rings. The topological polar surface area (TPSA) is 65.1 Å². The van der Waals surface area contributed by atoms with Crippen molar-refractivity contribution in [2.45, 2.75) is 43.2 Å². The number of rotatable bonds is 4. The lowest BCUT2D eigenvalue weighted by Gasteiger charge is -2.35. The number of carbonyl (C=O) groups excluding carboxylic acids is 2. The Hall–Kier alpha value is -1.18. The van der Waals surface area contributed by atoms with Crippen molar-refractivity contribution in [1.82, 2.24) is 20.0 Å². The lowest BCUT2D eigenvalue weighted by molar-refractivity contribution is -0.139. The van der Waals surface area contributed by atoms with Crippen molar-refractivity contribution in [3.05, 3.63) is 0 Å². The monoisotopic (exact) mass is 364 g/mol. The summed E-state index contributed by atoms with van der Waals surface area (Å²) in [7, 11) is 3.71. The van der Waals surface area contributed by atoms with Crippen LogP contribution in [-0.4, -0.2) is 97.6 Å². The number of methoxy groups -OCH3 is 1. The van der Waals surface area contributed by atoms with E-state index in [0.717, 1.165) is 71.4 Å². The maximum Gasteiger partial charge on any atom is 0.249 e. The Morgan fingerprint density at radius 3 is 2.81 bits per heavy atom. The van der Waals surface area contributed by atoms with Crippen LogP contribution < -0.4 is 5.32 Å². The number of ether oxygens (including phenoxy) is 1. The first-order valence-electron chi connectivity index (χ1n) is 9.98. The van der Waals surface area contributed by atoms with Crippen LogP contribution in [0.1, 0.15) is 32.1 Å². The van der Waals surface area contributed by atoms with Gasteiger partial charge in [-0.1, -0.05) is 0 Å². The number of hydrogen-bond donors (Lipinski definition) is 1. The van der Waals surface area contributed by atoms with Crippen molar-refractivity contribution >= 4 is 11.8 Å². The molecule has 7 nitrogen and oxygen atoms in total. The van der Waals surface area contributed by atoms with E-state index >= 15 is 0 Å². The highest BCUT2D eigenvalue weighted by molar-refractivity contribution is 5.82. The number of likely N-dealkylation sites (tertiary alicyclic amines) is 3. The third-order valence-corrected chi connectivity index (χ3v) is 7.00. The Morgan fingerprint density at radius 1 is 1.23 bits per heavy atom. The molecule has 4 aliphatic heterocycles. The minimum atomic E-state index is -0.0318. The number of amides is 2. The molecule has 3 atom stereocenters. The van der Waals surface area contributed by atoms with E-state index in [4.69, 9.17) is 4.74 Å². The number of likely N-dealkylation sites (N-methyl/N-ethyl adjacent to an activating group) is 1. The maximum atomic E-state index is 12.6. The number of carbonyl (C=O) groups is 2. The van der Waals surface area contributed by atoms with Crippen LogP contribution >= 0.6 is 0 Å². The van der Waals surface area contributed by atoms with Crippen LogP contribution in [0.2, 0.25) is 0 Å². The van der Waals surface area contributed by atoms with Gasteiger partial charge in [0.25, 0.3) is 0 Å². The summed E-state index contributed by atoms with van der Waals surface area (Å²) in [4.78, 5) is 31.8. The molecule has 4 fully saturated rings. The van der Waals surface area contributed by atoms with Crippen LogP contribution in [0.3, 0.4) is 0 Å². The molecule has 0 aromatic heterocycles. The van der Waals surface area contributed by atoms with Gasteiger partial charge in [-0.15, -0.1) is 0 Å². The van der Waals surface area contributed by atoms with E-state index < -0.39 is 0 Å². The van der Waals surface area contributed by atoms with E-state index in [-0.39, 0.29) is 35.4 Å². The quantitative estimate of drug-likeness (QED) is 0.755. The van der Waals surface area contributed by atoms with Crippen LogP contribution in [0.25, 0.3) is 0 Å². The second-order valence-corrected chi connectivity index (χ2v) is 8.95. The largest absolute Gasteiger partial charge is 0.375 e. The molecule has 146 valence electrons. The van der Waals surface area contributed by atoms with Gasteiger partial charge in [-0.25, -0.2) is 0 Å². The van der Waals surface area contributed by atoms with E-state index in [1.54, 1.807) is 7.11 Å². The van der Waals surface area contributed by atoms with E-state index in [0.29, 0.717) is 0 Å². The Bertz CT molecular complexity index is 585. The van der Waals surface area contributed by atoms with E-state index in [1.165, 1.54) is 0 Å². The molecule has 4 saturated heterocycles. The summed E-state index contributed by atoms with van der Waals surface area (Å²) in [6.07, 6.45) is 5.18. The highest BCUT2D eigenvalue weighted by atomic mass is 16.5. The Balaban J connectivity index is 1.37. The van der Waals surface area contributed by atoms with Crippen LogP contribution in [0, 0.1) is 5.92 Å². The predicted molar refractivity (Wildman–Crippen MR) is 97.7 cm³/mol. The third-order valence-electron chi connectivity index (χ3n) is 7.00. The zero-order valence-electron chi connectivity index (χ0n) is 16.1. The molecule has 1 N–H and O–H groups in total. The minimum absolute atomic E-state index is 0.00172. The normalized spacial score (nSPS) is 38.2. The van der Waals surface area contributed by atoms with Gasteiger partial charge in [0.05, 0.1) is 17.0 Å². The Kier molecular flexibility index (Phi) is 4.73. The molecular formula is C19H32N4O3. The van der Waals surface area contributed by atoms with Gasteiger partial charge in [0, 0.05) is 46.4 Å². The molecule has 0 aromatic carbocycles. The summed E-state index contributed by atoms with van der Waals surface area (Å²) in [5, 5.41) is 3.30. The van der Waals surface area contributed by atoms with Gasteiger partial charge in [-0.2, -0.15) is 0 Å². The molecule has 4 aliphatic rings. The molecular weight excluding hydrogens is 332 g/mol. The van der Waals surface area contributed by atoms with Crippen LogP contribution in [-0.2, 0) is 14.3 Å². The fourth-order valence-electron chi connectivity index (χ4n) is 5.84. The zero-order valence-corrected chi connectivity index (χ0v) is 16.1. The standard InChI is InChI=1S/C19H32N4O3/c1-21-8-5-18(13-21)10-15(17(25)20-18)11-22-9-6-19(14-22)4-3-7-23(19)16(24)12-26-2/h15H,3-14H2,1-2H3,(H,20,25). The summed E-state index contributed by atoms with van der Waals surface area (Å²) >= 11 is 0. The smallest absolute Gasteiger partial charge is 0.249 e. The lowest BCUT2D eigenvalue weighted by Crippen LogP contribution is -2.50. The first kappa shape index (κ1) is 18.2. The van der Waals surface area contributed by atoms with E-state index in [1.807, 2.05) is 0 Å². The fourth-order valence-corrected chi connectivity index (χ4v) is 5.84. The molecule has 7 heteroatoms. The molecule has 2 spiro atoms. The number of nitrogens with zero attached hydrogens (tertiary/aromatic N) is 3. The summed E-state index contributed by atoms with van der Waals surface area (Å²) in [6, 6.07) is 0. The third kappa shape index (κ3) is 3.14. The number of hydrogen-bond acceptors (Lipinski definition) is 5. The molecule has 26 heavy (non-hydrogen) atoms. The molecule has 2 amide bonds. The van der Waals surface area contributed by atoms with Crippen LogP contribution in [0.5, 0.6) is 0 Å². The van der Waals surface area contributed by atoms with Crippen molar-refractivity contribution in [3.8, 4) is 0 Å². The molecule has 4 heterocycles. The second kappa shape index (κ2) is 6.77. The van der Waals surface area contributed by atoms with Crippen molar-refractivity contribution in [2.75, 3.05) is 60.0 Å². The molecule has 0 aliphatic carbocycles. The van der Waals surface area contributed by atoms with Gasteiger partial charge in [0.2, 0.25) is 11.8 Å². The fraction of sp³-hybridized carbons (Fsp3) is 0.895. The Morgan fingerprint density at radius 2 is 2.08 bits per heavy atom. The second-order valence-electron chi connectivity index (χ2n) is 8.95. The first-order chi connectivity index (χ1) is 12.5. The predicted octanol–water partition coefficient (Wildman–Crippen LogP) is -0.0899. The lowest BCUT2D eigenvalue weighted by atomic mass is 9.91. The van der Waals surface area contributed by atoms with Crippen LogP contribution in [0.15, 0.2) is 0 Å². The van der Waals surface area contributed by atoms with Gasteiger partial charge in [0.15, 0.2) is 0 Å². The van der Waals surface area contributed by atoms with Crippen molar-refractivity contribution in [1.29, 1.82) is 0 Å². The zero-order chi connectivity index (χ0) is 18.4. The average Bonchev–Trinajstić information content (AvgIpc) is 3.33. The highest BCUT2D eigenvalue weighted by Gasteiger charge is 2.51. The van der Waals surface area contributed by atoms with Gasteiger partial charge >= 0.3 is 0 Å². The molecule has 3 unspecified atom stereocenters.